The second-order valence-corrected chi connectivity index (χ2v) is 12.2. The molecule has 0 unspecified atom stereocenters. The fourth-order valence-electron chi connectivity index (χ4n) is 4.72. The zero-order valence-corrected chi connectivity index (χ0v) is 22.6. The first-order valence-electron chi connectivity index (χ1n) is 11.8. The fraction of sp³-hybridized carbons (Fsp3) is 0.739. The SMILES string of the molecule is COCCSC(C)(C)[C@H](C(=O)N1CCN(N2Cc3cnc(C)n3C2=O)CC1)N(C(=O)O)C(C)(C)C. The number of thioether (sulfide) groups is 1. The maximum atomic E-state index is 13.9. The molecule has 3 rings (SSSR count). The van der Waals surface area contributed by atoms with Crippen LogP contribution in [0.15, 0.2) is 6.20 Å². The Morgan fingerprint density at radius 2 is 1.83 bits per heavy atom. The summed E-state index contributed by atoms with van der Waals surface area (Å²) in [6.45, 7) is 13.8. The van der Waals surface area contributed by atoms with Crippen molar-refractivity contribution in [2.45, 2.75) is 64.4 Å². The number of carbonyl (C=O) groups excluding carboxylic acids is 2. The number of ether oxygens (including phenoxy) is 1. The molecule has 1 saturated heterocycles. The van der Waals surface area contributed by atoms with Gasteiger partial charge in [0.05, 0.1) is 25.0 Å². The quantitative estimate of drug-likeness (QED) is 0.531. The zero-order chi connectivity index (χ0) is 26.1. The number of fused-ring (bicyclic) bond motifs is 1. The average molecular weight is 511 g/mol. The molecule has 0 radical (unpaired) electrons. The molecule has 1 aromatic heterocycles. The van der Waals surface area contributed by atoms with Gasteiger partial charge in [-0.15, -0.1) is 0 Å². The molecule has 0 spiro atoms. The van der Waals surface area contributed by atoms with Crippen LogP contribution in [0.25, 0.3) is 0 Å². The van der Waals surface area contributed by atoms with Crippen LogP contribution in [0.2, 0.25) is 0 Å². The van der Waals surface area contributed by atoms with Crippen LogP contribution in [0.5, 0.6) is 0 Å². The van der Waals surface area contributed by atoms with Gasteiger partial charge in [-0.05, 0) is 41.5 Å². The minimum Gasteiger partial charge on any atom is -0.465 e. The number of aryl methyl sites for hydroxylation is 1. The van der Waals surface area contributed by atoms with Crippen molar-refractivity contribution in [3.63, 3.8) is 0 Å². The molecule has 0 aliphatic carbocycles. The topological polar surface area (TPSA) is 111 Å². The summed E-state index contributed by atoms with van der Waals surface area (Å²) >= 11 is 1.53. The summed E-state index contributed by atoms with van der Waals surface area (Å²) in [7, 11) is 1.62. The van der Waals surface area contributed by atoms with Crippen LogP contribution in [0, 0.1) is 6.92 Å². The summed E-state index contributed by atoms with van der Waals surface area (Å²) in [5, 5.41) is 13.8. The number of hydrogen-bond donors (Lipinski definition) is 1. The minimum atomic E-state index is -1.12. The van der Waals surface area contributed by atoms with E-state index in [1.54, 1.807) is 55.5 Å². The van der Waals surface area contributed by atoms with E-state index in [-0.39, 0.29) is 11.9 Å². The molecule has 1 atom stereocenters. The molecule has 2 aliphatic heterocycles. The average Bonchev–Trinajstić information content (AvgIpc) is 3.30. The van der Waals surface area contributed by atoms with Gasteiger partial charge in [-0.25, -0.2) is 24.1 Å². The predicted octanol–water partition coefficient (Wildman–Crippen LogP) is 2.34. The lowest BCUT2D eigenvalue weighted by Gasteiger charge is -2.48. The first-order chi connectivity index (χ1) is 16.3. The third kappa shape index (κ3) is 5.59. The Morgan fingerprint density at radius 1 is 1.20 bits per heavy atom. The van der Waals surface area contributed by atoms with Gasteiger partial charge in [0, 0.05) is 49.3 Å². The van der Waals surface area contributed by atoms with Crippen LogP contribution in [0.1, 0.15) is 46.1 Å². The van der Waals surface area contributed by atoms with Crippen molar-refractivity contribution in [3.05, 3.63) is 17.7 Å². The number of aromatic nitrogens is 2. The highest BCUT2D eigenvalue weighted by molar-refractivity contribution is 8.00. The Hall–Kier alpha value is -2.31. The number of piperazine rings is 1. The van der Waals surface area contributed by atoms with E-state index >= 15 is 0 Å². The van der Waals surface area contributed by atoms with Gasteiger partial charge in [-0.3, -0.25) is 14.7 Å². The van der Waals surface area contributed by atoms with E-state index in [0.29, 0.717) is 50.9 Å². The highest BCUT2D eigenvalue weighted by Crippen LogP contribution is 2.36. The summed E-state index contributed by atoms with van der Waals surface area (Å²) in [5.41, 5.74) is 0.0807. The zero-order valence-electron chi connectivity index (χ0n) is 21.8. The Bertz CT molecular complexity index is 951. The third-order valence-corrected chi connectivity index (χ3v) is 7.82. The number of amides is 3. The van der Waals surface area contributed by atoms with E-state index in [0.717, 1.165) is 5.69 Å². The van der Waals surface area contributed by atoms with Crippen molar-refractivity contribution >= 4 is 29.8 Å². The molecule has 1 N–H and O–H groups in total. The Kier molecular flexibility index (Phi) is 8.07. The van der Waals surface area contributed by atoms with Gasteiger partial charge in [-0.2, -0.15) is 11.8 Å². The van der Waals surface area contributed by atoms with E-state index in [1.165, 1.54) is 16.7 Å². The van der Waals surface area contributed by atoms with Crippen LogP contribution in [-0.2, 0) is 16.1 Å². The van der Waals surface area contributed by atoms with Crippen molar-refractivity contribution in [2.75, 3.05) is 45.6 Å². The van der Waals surface area contributed by atoms with Crippen molar-refractivity contribution in [1.29, 1.82) is 0 Å². The summed E-state index contributed by atoms with van der Waals surface area (Å²) < 4.78 is 6.10. The predicted molar refractivity (Wildman–Crippen MR) is 133 cm³/mol. The first kappa shape index (κ1) is 27.3. The molecular weight excluding hydrogens is 472 g/mol. The molecule has 0 aromatic carbocycles. The minimum absolute atomic E-state index is 0.131. The second-order valence-electron chi connectivity index (χ2n) is 10.4. The molecule has 0 saturated carbocycles. The molecule has 12 heteroatoms. The number of hydrogen-bond acceptors (Lipinski definition) is 7. The van der Waals surface area contributed by atoms with Gasteiger partial charge >= 0.3 is 12.1 Å². The lowest BCUT2D eigenvalue weighted by molar-refractivity contribution is -0.143. The van der Waals surface area contributed by atoms with Crippen LogP contribution in [0.3, 0.4) is 0 Å². The van der Waals surface area contributed by atoms with Gasteiger partial charge in [0.2, 0.25) is 5.91 Å². The first-order valence-corrected chi connectivity index (χ1v) is 12.8. The second kappa shape index (κ2) is 10.4. The number of hydrazine groups is 1. The van der Waals surface area contributed by atoms with Crippen LogP contribution in [-0.4, -0.2) is 114 Å². The lowest BCUT2D eigenvalue weighted by Crippen LogP contribution is -2.66. The number of imidazole rings is 1. The smallest absolute Gasteiger partial charge is 0.408 e. The number of carboxylic acid groups (broad SMARTS) is 1. The fourth-order valence-corrected chi connectivity index (χ4v) is 5.86. The molecule has 35 heavy (non-hydrogen) atoms. The Balaban J connectivity index is 1.76. The lowest BCUT2D eigenvalue weighted by atomic mass is 9.94. The van der Waals surface area contributed by atoms with Crippen molar-refractivity contribution in [2.24, 2.45) is 0 Å². The molecule has 1 fully saturated rings. The maximum absolute atomic E-state index is 13.9. The Morgan fingerprint density at radius 3 is 2.34 bits per heavy atom. The summed E-state index contributed by atoms with van der Waals surface area (Å²) in [4.78, 5) is 46.4. The molecule has 0 bridgehead atoms. The number of methoxy groups -OCH3 is 1. The van der Waals surface area contributed by atoms with E-state index < -0.39 is 22.4 Å². The number of rotatable bonds is 8. The van der Waals surface area contributed by atoms with Crippen LogP contribution >= 0.6 is 11.8 Å². The largest absolute Gasteiger partial charge is 0.465 e. The van der Waals surface area contributed by atoms with Gasteiger partial charge in [0.15, 0.2) is 0 Å². The summed E-state index contributed by atoms with van der Waals surface area (Å²) in [5.74, 6) is 1.09. The maximum Gasteiger partial charge on any atom is 0.408 e. The van der Waals surface area contributed by atoms with Gasteiger partial charge in [-0.1, -0.05) is 0 Å². The third-order valence-electron chi connectivity index (χ3n) is 6.49. The van der Waals surface area contributed by atoms with Crippen molar-refractivity contribution < 1.29 is 24.2 Å². The highest BCUT2D eigenvalue weighted by atomic mass is 32.2. The summed E-state index contributed by atoms with van der Waals surface area (Å²) in [6, 6.07) is -1.01. The summed E-state index contributed by atoms with van der Waals surface area (Å²) in [6.07, 6.45) is 0.594. The van der Waals surface area contributed by atoms with Gasteiger partial charge < -0.3 is 14.7 Å². The van der Waals surface area contributed by atoms with Gasteiger partial charge in [0.1, 0.15) is 11.9 Å². The number of nitrogens with zero attached hydrogens (tertiary/aromatic N) is 6. The van der Waals surface area contributed by atoms with E-state index in [4.69, 9.17) is 4.74 Å². The normalized spacial score (nSPS) is 18.1. The van der Waals surface area contributed by atoms with E-state index in [1.807, 2.05) is 18.9 Å². The van der Waals surface area contributed by atoms with Crippen LogP contribution in [0.4, 0.5) is 9.59 Å². The van der Waals surface area contributed by atoms with Gasteiger partial charge in [0.25, 0.3) is 0 Å². The highest BCUT2D eigenvalue weighted by Gasteiger charge is 2.48. The molecular formula is C23H38N6O5S. The molecule has 3 amide bonds. The molecule has 196 valence electrons. The standard InChI is InChI=1S/C23H38N6O5S/c1-16-24-14-17-15-27(20(31)28(16)17)26-10-8-25(9-11-26)19(30)18(23(5,6)35-13-12-34-7)29(21(32)33)22(2,3)4/h14,18H,8-13,15H2,1-7H3,(H,32,33)/t18-/m0/s1. The van der Waals surface area contributed by atoms with E-state index in [2.05, 4.69) is 4.98 Å². The number of carbonyl (C=O) groups is 3. The molecule has 11 nitrogen and oxygen atoms in total. The monoisotopic (exact) mass is 510 g/mol. The van der Waals surface area contributed by atoms with Crippen LogP contribution < -0.4 is 0 Å². The van der Waals surface area contributed by atoms with Crippen molar-refractivity contribution in [1.82, 2.24) is 29.4 Å². The van der Waals surface area contributed by atoms with E-state index in [9.17, 15) is 19.5 Å². The van der Waals surface area contributed by atoms with Crippen molar-refractivity contribution in [3.8, 4) is 0 Å². The Labute approximate surface area is 211 Å². The molecule has 1 aromatic rings. The molecule has 3 heterocycles. The molecule has 2 aliphatic rings.